The number of nitrogens with zero attached hydrogens (tertiary/aromatic N) is 9. The predicted octanol–water partition coefficient (Wildman–Crippen LogP) is 26.4. The molecular weight excluding hydrogens is 1650 g/mol. The zero-order chi connectivity index (χ0) is 90.7. The molecule has 3 aliphatic rings. The van der Waals surface area contributed by atoms with Crippen molar-refractivity contribution < 1.29 is 14.4 Å². The van der Waals surface area contributed by atoms with Crippen LogP contribution in [-0.2, 0) is 16.2 Å². The number of fused-ring (bicyclic) bond motifs is 6. The number of carbonyl (C=O) groups is 3. The van der Waals surface area contributed by atoms with E-state index in [9.17, 15) is 14.4 Å². The van der Waals surface area contributed by atoms with Gasteiger partial charge in [0, 0.05) is 83.5 Å². The van der Waals surface area contributed by atoms with Crippen LogP contribution in [0.2, 0.25) is 0 Å². The lowest BCUT2D eigenvalue weighted by Crippen LogP contribution is -2.38. The van der Waals surface area contributed by atoms with Gasteiger partial charge in [-0.15, -0.1) is 0 Å². The minimum absolute atomic E-state index is 0.0307. The minimum Gasteiger partial charge on any atom is -0.289 e. The van der Waals surface area contributed by atoms with Crippen LogP contribution >= 0.6 is 0 Å². The van der Waals surface area contributed by atoms with E-state index in [-0.39, 0.29) is 17.3 Å². The van der Waals surface area contributed by atoms with E-state index in [1.165, 1.54) is 0 Å². The molecule has 3 aromatic heterocycles. The quantitative estimate of drug-likeness (QED) is 0.0954. The molecule has 3 aliphatic carbocycles. The van der Waals surface area contributed by atoms with Gasteiger partial charge in [-0.2, -0.15) is 0 Å². The van der Waals surface area contributed by atoms with E-state index in [4.69, 9.17) is 44.9 Å². The predicted molar refractivity (Wildman–Crippen MR) is 534 cm³/mol. The molecule has 0 atom stereocenters. The van der Waals surface area contributed by atoms with Crippen molar-refractivity contribution in [3.8, 4) is 102 Å². The van der Waals surface area contributed by atoms with E-state index in [1.807, 2.05) is 322 Å². The largest absolute Gasteiger partial charge is 0.289 e. The van der Waals surface area contributed by atoms with E-state index in [0.29, 0.717) is 74.7 Å². The summed E-state index contributed by atoms with van der Waals surface area (Å²) < 4.78 is 0. The highest BCUT2D eigenvalue weighted by Gasteiger charge is 2.50. The van der Waals surface area contributed by atoms with Crippen molar-refractivity contribution in [2.45, 2.75) is 16.2 Å². The molecule has 18 aromatic carbocycles. The standard InChI is InChI=1S/3C41H27N3O/c45-37-31-22-10-13-25-34(31)41(30-20-8-3-9-21-30,35-26-14-11-23-32(35)37)36-27-15-12-24-33(36)40-43-38(28-16-4-1-5-17-28)42-39(44-40)29-18-6-2-7-19-29;45-37-33-23-10-12-25-35(33)41(31-20-8-3-9-21-31,36-26-13-11-24-34(36)37)32-22-14-19-30(27-32)40-43-38(28-15-4-1-5-16-28)42-39(44-40)29-17-6-2-7-18-29;45-37-33-20-10-12-22-35(33)41(31-18-8-3-9-19-31,36-23-13-11-21-34(36)37)32-26-24-30(25-27-32)40-43-38(28-14-4-1-5-15-28)42-39(44-40)29-16-6-2-7-17-29/h3*1-27H. The molecular formula is C123H81N9O3. The number of carbonyl (C=O) groups excluding carboxylic acids is 3. The molecule has 135 heavy (non-hydrogen) atoms. The Labute approximate surface area is 781 Å². The van der Waals surface area contributed by atoms with Crippen molar-refractivity contribution in [1.29, 1.82) is 0 Å². The number of hydrogen-bond donors (Lipinski definition) is 0. The first-order valence-corrected chi connectivity index (χ1v) is 45.0. The fourth-order valence-corrected chi connectivity index (χ4v) is 19.9. The van der Waals surface area contributed by atoms with Gasteiger partial charge < -0.3 is 0 Å². The summed E-state index contributed by atoms with van der Waals surface area (Å²) in [5, 5.41) is 0. The van der Waals surface area contributed by atoms with Gasteiger partial charge >= 0.3 is 0 Å². The topological polar surface area (TPSA) is 167 Å². The first-order valence-electron chi connectivity index (χ1n) is 45.0. The monoisotopic (exact) mass is 1730 g/mol. The summed E-state index contributed by atoms with van der Waals surface area (Å²) in [6.45, 7) is 0. The maximum Gasteiger partial charge on any atom is 0.193 e. The lowest BCUT2D eigenvalue weighted by atomic mass is 9.58. The average molecular weight is 1730 g/mol. The molecule has 0 N–H and O–H groups in total. The molecule has 0 saturated heterocycles. The van der Waals surface area contributed by atoms with Gasteiger partial charge in [-0.1, -0.05) is 485 Å². The second-order valence-corrected chi connectivity index (χ2v) is 33.4. The van der Waals surface area contributed by atoms with Gasteiger partial charge in [0.15, 0.2) is 69.8 Å². The molecule has 0 unspecified atom stereocenters. The highest BCUT2D eigenvalue weighted by atomic mass is 16.1. The van der Waals surface area contributed by atoms with Gasteiger partial charge in [0.05, 0.1) is 16.2 Å². The Balaban J connectivity index is 0.000000118. The van der Waals surface area contributed by atoms with Gasteiger partial charge in [0.1, 0.15) is 0 Å². The van der Waals surface area contributed by atoms with Crippen molar-refractivity contribution in [2.24, 2.45) is 0 Å². The molecule has 24 rings (SSSR count). The van der Waals surface area contributed by atoms with Crippen LogP contribution in [0.4, 0.5) is 0 Å². The van der Waals surface area contributed by atoms with Crippen molar-refractivity contribution in [3.05, 3.63) is 592 Å². The van der Waals surface area contributed by atoms with Crippen LogP contribution in [0, 0.1) is 0 Å². The molecule has 21 aromatic rings. The lowest BCUT2D eigenvalue weighted by Gasteiger charge is -2.42. The second-order valence-electron chi connectivity index (χ2n) is 33.4. The number of rotatable bonds is 15. The van der Waals surface area contributed by atoms with E-state index >= 15 is 0 Å². The molecule has 12 heteroatoms. The SMILES string of the molecule is O=C1c2ccccc2C(c2ccccc2)(c2ccc(-c3nc(-c4ccccc4)nc(-c4ccccc4)n3)cc2)c2ccccc21.O=C1c2ccccc2C(c2ccccc2)(c2cccc(-c3nc(-c4ccccc4)nc(-c4ccccc4)n3)c2)c2ccccc21.O=C1c2ccccc2C(c2ccccc2)(c2ccccc2-c2nc(-c3ccccc3)nc(-c3ccccc3)n2)c2ccccc21. The van der Waals surface area contributed by atoms with Crippen molar-refractivity contribution in [1.82, 2.24) is 44.9 Å². The zero-order valence-electron chi connectivity index (χ0n) is 73.0. The molecule has 0 aliphatic heterocycles. The summed E-state index contributed by atoms with van der Waals surface area (Å²) in [5.41, 5.74) is 22.2. The van der Waals surface area contributed by atoms with Crippen LogP contribution in [0.25, 0.3) is 102 Å². The summed E-state index contributed by atoms with van der Waals surface area (Å²) in [6, 6.07) is 165. The smallest absolute Gasteiger partial charge is 0.193 e. The third-order valence-electron chi connectivity index (χ3n) is 25.9. The van der Waals surface area contributed by atoms with Crippen LogP contribution in [0.5, 0.6) is 0 Å². The van der Waals surface area contributed by atoms with E-state index in [0.717, 1.165) is 128 Å². The fraction of sp³-hybridized carbons (Fsp3) is 0.0244. The van der Waals surface area contributed by atoms with Crippen molar-refractivity contribution >= 4 is 17.3 Å². The molecule has 3 heterocycles. The highest BCUT2D eigenvalue weighted by Crippen LogP contribution is 2.56. The minimum atomic E-state index is -0.814. The Morgan fingerprint density at radius 3 is 0.570 bits per heavy atom. The molecule has 0 amide bonds. The molecule has 0 radical (unpaired) electrons. The lowest BCUT2D eigenvalue weighted by molar-refractivity contribution is 0.102. The summed E-state index contributed by atoms with van der Waals surface area (Å²) in [7, 11) is 0. The fourth-order valence-electron chi connectivity index (χ4n) is 19.9. The molecule has 0 fully saturated rings. The number of benzene rings is 18. The third kappa shape index (κ3) is 14.8. The summed E-state index contributed by atoms with van der Waals surface area (Å²) in [5.74, 6) is 5.55. The Bertz CT molecular complexity index is 7700. The third-order valence-corrected chi connectivity index (χ3v) is 25.9. The number of hydrogen-bond acceptors (Lipinski definition) is 12. The zero-order valence-corrected chi connectivity index (χ0v) is 73.0. The summed E-state index contributed by atoms with van der Waals surface area (Å²) in [4.78, 5) is 86.4. The number of ketones is 3. The Morgan fingerprint density at radius 1 is 0.126 bits per heavy atom. The van der Waals surface area contributed by atoms with Gasteiger partial charge in [0.25, 0.3) is 0 Å². The molecule has 0 saturated carbocycles. The van der Waals surface area contributed by atoms with Crippen LogP contribution in [0.3, 0.4) is 0 Å². The van der Waals surface area contributed by atoms with Crippen LogP contribution in [0.15, 0.2) is 491 Å². The first-order chi connectivity index (χ1) is 66.7. The molecule has 636 valence electrons. The summed E-state index contributed by atoms with van der Waals surface area (Å²) >= 11 is 0. The highest BCUT2D eigenvalue weighted by molar-refractivity contribution is 6.16. The maximum absolute atomic E-state index is 14.0. The first kappa shape index (κ1) is 82.7. The Hall–Kier alpha value is -18.0. The van der Waals surface area contributed by atoms with Crippen LogP contribution in [0.1, 0.15) is 115 Å². The average Bonchev–Trinajstić information content (AvgIpc) is 0.702. The van der Waals surface area contributed by atoms with Crippen molar-refractivity contribution in [2.75, 3.05) is 0 Å². The van der Waals surface area contributed by atoms with Gasteiger partial charge in [-0.05, 0) is 72.8 Å². The number of aromatic nitrogens is 9. The summed E-state index contributed by atoms with van der Waals surface area (Å²) in [6.07, 6.45) is 0. The molecule has 0 bridgehead atoms. The van der Waals surface area contributed by atoms with Gasteiger partial charge in [-0.25, -0.2) is 44.9 Å². The Kier molecular flexibility index (Phi) is 21.9. The second kappa shape index (κ2) is 35.8. The van der Waals surface area contributed by atoms with Gasteiger partial charge in [0.2, 0.25) is 0 Å². The van der Waals surface area contributed by atoms with E-state index in [1.54, 1.807) is 0 Å². The van der Waals surface area contributed by atoms with E-state index < -0.39 is 16.2 Å². The molecule has 12 nitrogen and oxygen atoms in total. The maximum atomic E-state index is 14.0. The van der Waals surface area contributed by atoms with E-state index in [2.05, 4.69) is 170 Å². The van der Waals surface area contributed by atoms with Crippen molar-refractivity contribution in [3.63, 3.8) is 0 Å². The van der Waals surface area contributed by atoms with Crippen LogP contribution < -0.4 is 0 Å². The normalized spacial score (nSPS) is 13.1. The van der Waals surface area contributed by atoms with Crippen LogP contribution in [-0.4, -0.2) is 62.2 Å². The Morgan fingerprint density at radius 2 is 0.296 bits per heavy atom. The molecule has 0 spiro atoms. The van der Waals surface area contributed by atoms with Gasteiger partial charge in [-0.3, -0.25) is 14.4 Å².